The first kappa shape index (κ1) is 13.4. The molecule has 3 aliphatic rings. The predicted octanol–water partition coefficient (Wildman–Crippen LogP) is 1.25. The molecule has 0 radical (unpaired) electrons. The zero-order valence-corrected chi connectivity index (χ0v) is 12.0. The second kappa shape index (κ2) is 5.06. The number of rotatable bonds is 2. The molecule has 3 fully saturated rings. The molecule has 0 aromatic rings. The predicted molar refractivity (Wildman–Crippen MR) is 75.7 cm³/mol. The molecular weight excluding hydrogens is 238 g/mol. The molecule has 4 atom stereocenters. The van der Waals surface area contributed by atoms with E-state index in [1.54, 1.807) is 0 Å². The number of fused-ring (bicyclic) bond motifs is 1. The van der Waals surface area contributed by atoms with Gasteiger partial charge in [0.1, 0.15) is 0 Å². The van der Waals surface area contributed by atoms with Crippen LogP contribution in [-0.2, 0) is 4.79 Å². The summed E-state index contributed by atoms with van der Waals surface area (Å²) in [5.74, 6) is 0.204. The second-order valence-corrected chi connectivity index (χ2v) is 6.88. The number of carbonyl (C=O) groups excluding carboxylic acids is 1. The normalized spacial score (nSPS) is 43.2. The number of hydrogen-bond acceptors (Lipinski definition) is 3. The standard InChI is InChI=1S/C15H27N3O/c1-15(8-4-6-13(15)16)14(19)17-11-7-10-18-9-3-2-5-12(11)18/h11-13H,2-10,16H2,1H3,(H,17,19). The highest BCUT2D eigenvalue weighted by Gasteiger charge is 2.45. The van der Waals surface area contributed by atoms with Gasteiger partial charge in [-0.25, -0.2) is 0 Å². The van der Waals surface area contributed by atoms with Crippen LogP contribution in [0.5, 0.6) is 0 Å². The Balaban J connectivity index is 1.63. The zero-order valence-electron chi connectivity index (χ0n) is 12.0. The Labute approximate surface area is 116 Å². The maximum atomic E-state index is 12.6. The molecule has 4 nitrogen and oxygen atoms in total. The number of hydrogen-bond donors (Lipinski definition) is 2. The summed E-state index contributed by atoms with van der Waals surface area (Å²) in [5.41, 5.74) is 5.82. The minimum Gasteiger partial charge on any atom is -0.351 e. The molecule has 3 rings (SSSR count). The first-order valence-electron chi connectivity index (χ1n) is 7.92. The zero-order chi connectivity index (χ0) is 13.5. The van der Waals surface area contributed by atoms with Crippen LogP contribution >= 0.6 is 0 Å². The molecule has 3 N–H and O–H groups in total. The molecule has 108 valence electrons. The fourth-order valence-electron chi connectivity index (χ4n) is 4.22. The van der Waals surface area contributed by atoms with E-state index in [1.165, 1.54) is 25.8 Å². The van der Waals surface area contributed by atoms with Crippen molar-refractivity contribution in [3.63, 3.8) is 0 Å². The van der Waals surface area contributed by atoms with Gasteiger partial charge in [-0.05, 0) is 45.6 Å². The highest BCUT2D eigenvalue weighted by atomic mass is 16.2. The summed E-state index contributed by atoms with van der Waals surface area (Å²) >= 11 is 0. The molecule has 0 aromatic heterocycles. The van der Waals surface area contributed by atoms with Gasteiger partial charge in [0.2, 0.25) is 5.91 Å². The van der Waals surface area contributed by atoms with E-state index in [0.717, 1.165) is 32.2 Å². The summed E-state index contributed by atoms with van der Waals surface area (Å²) in [6.45, 7) is 4.42. The largest absolute Gasteiger partial charge is 0.351 e. The van der Waals surface area contributed by atoms with Crippen LogP contribution in [0.2, 0.25) is 0 Å². The van der Waals surface area contributed by atoms with Gasteiger partial charge in [-0.1, -0.05) is 12.8 Å². The Bertz CT molecular complexity index is 359. The Morgan fingerprint density at radius 1 is 1.21 bits per heavy atom. The molecule has 4 unspecified atom stereocenters. The van der Waals surface area contributed by atoms with Crippen molar-refractivity contribution in [3.8, 4) is 0 Å². The topological polar surface area (TPSA) is 58.4 Å². The lowest BCUT2D eigenvalue weighted by molar-refractivity contribution is -0.131. The van der Waals surface area contributed by atoms with Gasteiger partial charge in [0, 0.05) is 24.7 Å². The number of nitrogens with two attached hydrogens (primary N) is 1. The molecule has 2 heterocycles. The lowest BCUT2D eigenvalue weighted by atomic mass is 9.83. The van der Waals surface area contributed by atoms with Gasteiger partial charge in [0.15, 0.2) is 0 Å². The van der Waals surface area contributed by atoms with Crippen LogP contribution in [0.15, 0.2) is 0 Å². The quantitative estimate of drug-likeness (QED) is 0.790. The first-order valence-corrected chi connectivity index (χ1v) is 7.92. The molecule has 4 heteroatoms. The van der Waals surface area contributed by atoms with E-state index in [4.69, 9.17) is 5.73 Å². The van der Waals surface area contributed by atoms with Crippen LogP contribution in [-0.4, -0.2) is 42.0 Å². The fraction of sp³-hybridized carbons (Fsp3) is 0.933. The van der Waals surface area contributed by atoms with Crippen molar-refractivity contribution in [2.45, 2.75) is 70.0 Å². The monoisotopic (exact) mass is 265 g/mol. The minimum absolute atomic E-state index is 0.0383. The van der Waals surface area contributed by atoms with Crippen molar-refractivity contribution in [2.75, 3.05) is 13.1 Å². The molecule has 1 amide bonds. The minimum atomic E-state index is -0.331. The fourth-order valence-corrected chi connectivity index (χ4v) is 4.22. The third kappa shape index (κ3) is 2.29. The van der Waals surface area contributed by atoms with Gasteiger partial charge in [-0.15, -0.1) is 0 Å². The summed E-state index contributed by atoms with van der Waals surface area (Å²) in [7, 11) is 0. The van der Waals surface area contributed by atoms with Gasteiger partial charge < -0.3 is 11.1 Å². The third-order valence-electron chi connectivity index (χ3n) is 5.72. The molecule has 2 saturated heterocycles. The summed E-state index contributed by atoms with van der Waals surface area (Å²) < 4.78 is 0. The van der Waals surface area contributed by atoms with Gasteiger partial charge >= 0.3 is 0 Å². The molecule has 0 aromatic carbocycles. The van der Waals surface area contributed by atoms with Crippen molar-refractivity contribution in [2.24, 2.45) is 11.1 Å². The van der Waals surface area contributed by atoms with Crippen molar-refractivity contribution in [1.29, 1.82) is 0 Å². The van der Waals surface area contributed by atoms with Crippen LogP contribution in [0.25, 0.3) is 0 Å². The van der Waals surface area contributed by atoms with E-state index < -0.39 is 0 Å². The molecule has 1 saturated carbocycles. The van der Waals surface area contributed by atoms with Gasteiger partial charge in [-0.2, -0.15) is 0 Å². The highest BCUT2D eigenvalue weighted by Crippen LogP contribution is 2.37. The van der Waals surface area contributed by atoms with E-state index in [9.17, 15) is 4.79 Å². The lowest BCUT2D eigenvalue weighted by Crippen LogP contribution is -2.53. The Hall–Kier alpha value is -0.610. The number of amides is 1. The van der Waals surface area contributed by atoms with Crippen molar-refractivity contribution in [3.05, 3.63) is 0 Å². The average molecular weight is 265 g/mol. The number of nitrogens with zero attached hydrogens (tertiary/aromatic N) is 1. The molecule has 2 aliphatic heterocycles. The van der Waals surface area contributed by atoms with Crippen LogP contribution in [0, 0.1) is 5.41 Å². The summed E-state index contributed by atoms with van der Waals surface area (Å²) in [6, 6.07) is 0.979. The van der Waals surface area contributed by atoms with E-state index in [0.29, 0.717) is 12.1 Å². The van der Waals surface area contributed by atoms with Gasteiger partial charge in [0.05, 0.1) is 5.41 Å². The lowest BCUT2D eigenvalue weighted by Gasteiger charge is -2.35. The molecular formula is C15H27N3O. The van der Waals surface area contributed by atoms with E-state index in [2.05, 4.69) is 10.2 Å². The maximum absolute atomic E-state index is 12.6. The van der Waals surface area contributed by atoms with Crippen molar-refractivity contribution in [1.82, 2.24) is 10.2 Å². The van der Waals surface area contributed by atoms with Crippen molar-refractivity contribution < 1.29 is 4.79 Å². The number of carbonyl (C=O) groups is 1. The summed E-state index contributed by atoms with van der Waals surface area (Å²) in [4.78, 5) is 15.2. The third-order valence-corrected chi connectivity index (χ3v) is 5.72. The van der Waals surface area contributed by atoms with Gasteiger partial charge in [0.25, 0.3) is 0 Å². The summed E-state index contributed by atoms with van der Waals surface area (Å²) in [6.07, 6.45) is 8.01. The average Bonchev–Trinajstić information content (AvgIpc) is 2.96. The number of nitrogens with one attached hydrogen (secondary N) is 1. The van der Waals surface area contributed by atoms with E-state index in [1.807, 2.05) is 6.92 Å². The molecule has 19 heavy (non-hydrogen) atoms. The van der Waals surface area contributed by atoms with Crippen LogP contribution in [0.1, 0.15) is 51.9 Å². The van der Waals surface area contributed by atoms with Crippen LogP contribution in [0.3, 0.4) is 0 Å². The van der Waals surface area contributed by atoms with E-state index in [-0.39, 0.29) is 17.4 Å². The van der Waals surface area contributed by atoms with Crippen LogP contribution < -0.4 is 11.1 Å². The Morgan fingerprint density at radius 3 is 2.79 bits per heavy atom. The van der Waals surface area contributed by atoms with Crippen molar-refractivity contribution >= 4 is 5.91 Å². The molecule has 0 spiro atoms. The second-order valence-electron chi connectivity index (χ2n) is 6.88. The Kier molecular flexibility index (Phi) is 3.56. The number of piperidine rings is 1. The highest BCUT2D eigenvalue weighted by molar-refractivity contribution is 5.83. The first-order chi connectivity index (χ1) is 9.11. The maximum Gasteiger partial charge on any atom is 0.227 e. The van der Waals surface area contributed by atoms with Gasteiger partial charge in [-0.3, -0.25) is 9.69 Å². The summed E-state index contributed by atoms with van der Waals surface area (Å²) in [5, 5.41) is 3.33. The molecule has 1 aliphatic carbocycles. The van der Waals surface area contributed by atoms with E-state index >= 15 is 0 Å². The smallest absolute Gasteiger partial charge is 0.227 e. The molecule has 0 bridgehead atoms. The Morgan fingerprint density at radius 2 is 2.05 bits per heavy atom. The SMILES string of the molecule is CC1(C(=O)NC2CCN3CCCCC23)CCCC1N. The van der Waals surface area contributed by atoms with Crippen LogP contribution in [0.4, 0.5) is 0 Å².